The van der Waals surface area contributed by atoms with E-state index in [9.17, 15) is 14.0 Å². The molecule has 0 N–H and O–H groups in total. The lowest BCUT2D eigenvalue weighted by Crippen LogP contribution is -2.41. The summed E-state index contributed by atoms with van der Waals surface area (Å²) >= 11 is 9.19. The van der Waals surface area contributed by atoms with E-state index >= 15 is 0 Å². The molecule has 1 aromatic carbocycles. The van der Waals surface area contributed by atoms with Crippen LogP contribution in [0.3, 0.4) is 0 Å². The highest BCUT2D eigenvalue weighted by Crippen LogP contribution is 2.38. The summed E-state index contributed by atoms with van der Waals surface area (Å²) in [7, 11) is 0. The fraction of sp³-hybridized carbons (Fsp3) is 0.467. The molecule has 0 fully saturated rings. The van der Waals surface area contributed by atoms with Gasteiger partial charge in [0.15, 0.2) is 0 Å². The van der Waals surface area contributed by atoms with E-state index in [2.05, 4.69) is 15.9 Å². The van der Waals surface area contributed by atoms with Crippen LogP contribution in [0.4, 0.5) is 10.1 Å². The number of amides is 1. The molecule has 1 aliphatic rings. The summed E-state index contributed by atoms with van der Waals surface area (Å²) in [4.78, 5) is 25.6. The second-order valence-corrected chi connectivity index (χ2v) is 6.31. The molecule has 0 aliphatic carbocycles. The third kappa shape index (κ3) is 2.73. The van der Waals surface area contributed by atoms with Crippen molar-refractivity contribution in [2.24, 2.45) is 5.41 Å². The Balaban J connectivity index is 2.46. The summed E-state index contributed by atoms with van der Waals surface area (Å²) in [5.41, 5.74) is 0.356. The van der Waals surface area contributed by atoms with Gasteiger partial charge in [-0.05, 0) is 30.4 Å². The van der Waals surface area contributed by atoms with Crippen molar-refractivity contribution in [1.29, 1.82) is 0 Å². The molecule has 0 bridgehead atoms. The lowest BCUT2D eigenvalue weighted by Gasteiger charge is -2.34. The van der Waals surface area contributed by atoms with Gasteiger partial charge in [-0.3, -0.25) is 9.59 Å². The molecule has 1 heterocycles. The maximum atomic E-state index is 13.7. The topological polar surface area (TPSA) is 37.4 Å². The van der Waals surface area contributed by atoms with Crippen LogP contribution in [0.15, 0.2) is 12.1 Å². The van der Waals surface area contributed by atoms with Crippen molar-refractivity contribution in [3.63, 3.8) is 0 Å². The fourth-order valence-corrected chi connectivity index (χ4v) is 3.62. The first-order valence-corrected chi connectivity index (χ1v) is 8.30. The third-order valence-corrected chi connectivity index (χ3v) is 5.77. The molecule has 0 spiro atoms. The van der Waals surface area contributed by atoms with E-state index in [1.807, 2.05) is 13.8 Å². The minimum atomic E-state index is -0.625. The molecule has 2 rings (SSSR count). The Morgan fingerprint density at radius 2 is 1.90 bits per heavy atom. The monoisotopic (exact) mass is 375 g/mol. The molecule has 1 amide bonds. The number of halogens is 3. The number of hydrogen-bond donors (Lipinski definition) is 0. The highest BCUT2D eigenvalue weighted by Gasteiger charge is 2.40. The Morgan fingerprint density at radius 1 is 1.29 bits per heavy atom. The van der Waals surface area contributed by atoms with Crippen LogP contribution in [0.5, 0.6) is 0 Å². The number of carbonyl (C=O) groups excluding carboxylic acids is 2. The SMILES string of the molecule is CCC(CC)(CBr)CN1C(=O)C(=O)c2cc(Cl)c(F)cc21. The quantitative estimate of drug-likeness (QED) is 0.570. The van der Waals surface area contributed by atoms with Gasteiger partial charge in [-0.15, -0.1) is 0 Å². The standard InChI is InChI=1S/C15H16BrClFNO2/c1-3-15(4-2,7-16)8-19-12-6-11(18)10(17)5-9(12)13(20)14(19)21/h5-6H,3-4,7-8H2,1-2H3. The highest BCUT2D eigenvalue weighted by molar-refractivity contribution is 9.09. The van der Waals surface area contributed by atoms with Gasteiger partial charge in [-0.25, -0.2) is 4.39 Å². The van der Waals surface area contributed by atoms with E-state index in [1.54, 1.807) is 0 Å². The number of alkyl halides is 1. The zero-order chi connectivity index (χ0) is 15.8. The van der Waals surface area contributed by atoms with Crippen LogP contribution in [0.2, 0.25) is 5.02 Å². The van der Waals surface area contributed by atoms with E-state index in [0.717, 1.165) is 12.8 Å². The minimum Gasteiger partial charge on any atom is -0.304 e. The van der Waals surface area contributed by atoms with E-state index in [0.29, 0.717) is 17.6 Å². The van der Waals surface area contributed by atoms with E-state index < -0.39 is 17.5 Å². The summed E-state index contributed by atoms with van der Waals surface area (Å²) < 4.78 is 13.7. The van der Waals surface area contributed by atoms with Gasteiger partial charge in [0.1, 0.15) is 5.82 Å². The summed E-state index contributed by atoms with van der Waals surface area (Å²) in [5.74, 6) is -1.86. The number of rotatable bonds is 5. The van der Waals surface area contributed by atoms with Gasteiger partial charge in [0.2, 0.25) is 0 Å². The van der Waals surface area contributed by atoms with Crippen molar-refractivity contribution in [3.05, 3.63) is 28.5 Å². The number of benzene rings is 1. The number of fused-ring (bicyclic) bond motifs is 1. The summed E-state index contributed by atoms with van der Waals surface area (Å²) in [6, 6.07) is 2.41. The smallest absolute Gasteiger partial charge is 0.299 e. The predicted molar refractivity (Wildman–Crippen MR) is 84.9 cm³/mol. The Morgan fingerprint density at radius 3 is 2.43 bits per heavy atom. The number of Topliss-reactive ketones (excluding diaryl/α,β-unsaturated/α-hetero) is 1. The Labute approximate surface area is 136 Å². The van der Waals surface area contributed by atoms with Crippen molar-refractivity contribution < 1.29 is 14.0 Å². The van der Waals surface area contributed by atoms with Crippen LogP contribution in [0.25, 0.3) is 0 Å². The average Bonchev–Trinajstić information content (AvgIpc) is 2.70. The maximum Gasteiger partial charge on any atom is 0.299 e. The first-order chi connectivity index (χ1) is 9.89. The molecule has 1 aliphatic heterocycles. The molecule has 0 aromatic heterocycles. The number of carbonyl (C=O) groups is 2. The lowest BCUT2D eigenvalue weighted by atomic mass is 9.84. The van der Waals surface area contributed by atoms with Gasteiger partial charge < -0.3 is 4.90 Å². The van der Waals surface area contributed by atoms with Gasteiger partial charge in [0, 0.05) is 11.9 Å². The Bertz CT molecular complexity index is 593. The number of ketones is 1. The zero-order valence-corrected chi connectivity index (χ0v) is 14.2. The van der Waals surface area contributed by atoms with Crippen LogP contribution in [-0.4, -0.2) is 23.6 Å². The van der Waals surface area contributed by atoms with Gasteiger partial charge >= 0.3 is 0 Å². The van der Waals surface area contributed by atoms with Gasteiger partial charge in [-0.2, -0.15) is 0 Å². The van der Waals surface area contributed by atoms with Crippen LogP contribution in [0.1, 0.15) is 37.0 Å². The first kappa shape index (κ1) is 16.4. The highest BCUT2D eigenvalue weighted by atomic mass is 79.9. The molecule has 0 saturated carbocycles. The van der Waals surface area contributed by atoms with Crippen LogP contribution >= 0.6 is 27.5 Å². The molecule has 0 radical (unpaired) electrons. The minimum absolute atomic E-state index is 0.144. The molecule has 6 heteroatoms. The molecule has 0 saturated heterocycles. The fourth-order valence-electron chi connectivity index (χ4n) is 2.49. The number of anilines is 1. The predicted octanol–water partition coefficient (Wildman–Crippen LogP) is 4.21. The third-order valence-electron chi connectivity index (χ3n) is 4.29. The van der Waals surface area contributed by atoms with Crippen LogP contribution < -0.4 is 4.90 Å². The molecular formula is C15H16BrClFNO2. The van der Waals surface area contributed by atoms with E-state index in [1.165, 1.54) is 17.0 Å². The second-order valence-electron chi connectivity index (χ2n) is 5.34. The first-order valence-electron chi connectivity index (χ1n) is 6.80. The molecule has 0 unspecified atom stereocenters. The van der Waals surface area contributed by atoms with E-state index in [4.69, 9.17) is 11.6 Å². The Hall–Kier alpha value is -0.940. The van der Waals surface area contributed by atoms with Gasteiger partial charge in [0.25, 0.3) is 11.7 Å². The Kier molecular flexibility index (Phi) is 4.73. The molecule has 21 heavy (non-hydrogen) atoms. The molecular weight excluding hydrogens is 361 g/mol. The van der Waals surface area contributed by atoms with Crippen molar-refractivity contribution in [3.8, 4) is 0 Å². The van der Waals surface area contributed by atoms with Crippen LogP contribution in [0, 0.1) is 11.2 Å². The van der Waals surface area contributed by atoms with Crippen molar-refractivity contribution in [1.82, 2.24) is 0 Å². The largest absolute Gasteiger partial charge is 0.304 e. The van der Waals surface area contributed by atoms with Crippen molar-refractivity contribution in [2.45, 2.75) is 26.7 Å². The maximum absolute atomic E-state index is 13.7. The lowest BCUT2D eigenvalue weighted by molar-refractivity contribution is -0.114. The van der Waals surface area contributed by atoms with Crippen molar-refractivity contribution in [2.75, 3.05) is 16.8 Å². The average molecular weight is 377 g/mol. The molecule has 1 aromatic rings. The summed E-state index contributed by atoms with van der Waals surface area (Å²) in [6.45, 7) is 4.46. The summed E-state index contributed by atoms with van der Waals surface area (Å²) in [5, 5.41) is 0.561. The van der Waals surface area contributed by atoms with Gasteiger partial charge in [0.05, 0.1) is 16.3 Å². The second kappa shape index (κ2) is 6.05. The zero-order valence-electron chi connectivity index (χ0n) is 11.9. The van der Waals surface area contributed by atoms with Crippen molar-refractivity contribution >= 4 is 44.9 Å². The molecule has 3 nitrogen and oxygen atoms in total. The van der Waals surface area contributed by atoms with Crippen LogP contribution in [-0.2, 0) is 4.79 Å². The van der Waals surface area contributed by atoms with E-state index in [-0.39, 0.29) is 16.0 Å². The molecule has 114 valence electrons. The molecule has 0 atom stereocenters. The van der Waals surface area contributed by atoms with Gasteiger partial charge in [-0.1, -0.05) is 41.4 Å². The number of nitrogens with zero attached hydrogens (tertiary/aromatic N) is 1. The summed E-state index contributed by atoms with van der Waals surface area (Å²) in [6.07, 6.45) is 1.69. The number of hydrogen-bond acceptors (Lipinski definition) is 2. The normalized spacial score (nSPS) is 14.8.